The van der Waals surface area contributed by atoms with Gasteiger partial charge in [0.2, 0.25) is 0 Å². The Kier molecular flexibility index (Phi) is 9.32. The van der Waals surface area contributed by atoms with E-state index >= 15 is 0 Å². The highest BCUT2D eigenvalue weighted by Gasteiger charge is 2.43. The van der Waals surface area contributed by atoms with Crippen LogP contribution in [0.3, 0.4) is 0 Å². The van der Waals surface area contributed by atoms with Crippen molar-refractivity contribution in [2.45, 2.75) is 106 Å². The monoisotopic (exact) mass is 1020 g/mol. The zero-order valence-corrected chi connectivity index (χ0v) is 41.5. The molecule has 5 aliphatic rings. The summed E-state index contributed by atoms with van der Waals surface area (Å²) in [5.41, 5.74) is 13.1. The molecule has 0 amide bonds. The Morgan fingerprint density at radius 3 is 0.574 bits per heavy atom. The minimum absolute atomic E-state index is 0.652. The molecule has 4 aliphatic heterocycles. The molecule has 0 saturated carbocycles. The van der Waals surface area contributed by atoms with E-state index in [1.54, 1.807) is 0 Å². The van der Waals surface area contributed by atoms with Crippen molar-refractivity contribution in [1.82, 2.24) is 0 Å². The molecule has 0 fully saturated rings. The van der Waals surface area contributed by atoms with Crippen LogP contribution < -0.4 is 35.4 Å². The molecule has 8 nitrogen and oxygen atoms in total. The fourth-order valence-electron chi connectivity index (χ4n) is 8.76. The summed E-state index contributed by atoms with van der Waals surface area (Å²) >= 11 is 4.24. The van der Waals surface area contributed by atoms with Crippen LogP contribution in [0.5, 0.6) is 46.0 Å². The third-order valence-electron chi connectivity index (χ3n) is 10.8. The van der Waals surface area contributed by atoms with Crippen molar-refractivity contribution in [3.8, 4) is 46.0 Å². The minimum Gasteiger partial charge on any atom is -0.511 e. The van der Waals surface area contributed by atoms with Crippen molar-refractivity contribution in [3.63, 3.8) is 0 Å². The minimum atomic E-state index is -2.77. The molecule has 286 valence electrons. The SMILES string of the molecule is Cc1c2c3cc4c1O[Si](C)(C)Oc1c(cc5c(c1C)O[Si](C)(C)Oc1c(cc6c(c1C)O[Si](C)(C)Oc1c(cc(c(c1C)O[Si](C)(C)O2)C3)C6)C5)C4.II. The highest BCUT2D eigenvalue weighted by Crippen LogP contribution is 2.51. The van der Waals surface area contributed by atoms with Crippen molar-refractivity contribution in [1.29, 1.82) is 0 Å². The van der Waals surface area contributed by atoms with Gasteiger partial charge in [-0.2, -0.15) is 0 Å². The van der Waals surface area contributed by atoms with Crippen LogP contribution in [0.1, 0.15) is 66.8 Å². The lowest BCUT2D eigenvalue weighted by Crippen LogP contribution is -2.46. The van der Waals surface area contributed by atoms with Crippen LogP contribution in [0.25, 0.3) is 0 Å². The number of hydrogen-bond acceptors (Lipinski definition) is 8. The summed E-state index contributed by atoms with van der Waals surface area (Å²) in [6.45, 7) is 25.4. The van der Waals surface area contributed by atoms with Gasteiger partial charge in [-0.3, -0.25) is 0 Å². The Labute approximate surface area is 346 Å². The number of halogens is 2. The normalized spacial score (nSPS) is 19.3. The van der Waals surface area contributed by atoms with Crippen molar-refractivity contribution in [2.24, 2.45) is 0 Å². The van der Waals surface area contributed by atoms with E-state index in [0.29, 0.717) is 25.7 Å². The molecule has 0 saturated heterocycles. The molecule has 4 aromatic rings. The molecule has 0 atom stereocenters. The summed E-state index contributed by atoms with van der Waals surface area (Å²) in [7, 11) is -11.1. The molecule has 0 N–H and O–H groups in total. The van der Waals surface area contributed by atoms with Crippen LogP contribution in [0, 0.1) is 27.7 Å². The van der Waals surface area contributed by atoms with Gasteiger partial charge in [0.15, 0.2) is 0 Å². The first-order valence-electron chi connectivity index (χ1n) is 18.5. The molecular formula is C40H48I2O8Si4. The number of hydrogen-bond donors (Lipinski definition) is 0. The predicted molar refractivity (Wildman–Crippen MR) is 239 cm³/mol. The Morgan fingerprint density at radius 2 is 0.444 bits per heavy atom. The third-order valence-corrected chi connectivity index (χ3v) is 16.3. The van der Waals surface area contributed by atoms with E-state index in [1.807, 2.05) is 0 Å². The first kappa shape index (κ1) is 38.5. The maximum Gasteiger partial charge on any atom is 0.454 e. The topological polar surface area (TPSA) is 73.8 Å². The summed E-state index contributed by atoms with van der Waals surface area (Å²) in [5.74, 6) is 6.91. The van der Waals surface area contributed by atoms with Gasteiger partial charge in [0.25, 0.3) is 0 Å². The zero-order valence-electron chi connectivity index (χ0n) is 33.2. The second-order valence-electron chi connectivity index (χ2n) is 17.0. The van der Waals surface area contributed by atoms with E-state index in [0.717, 1.165) is 113 Å². The predicted octanol–water partition coefficient (Wildman–Crippen LogP) is 11.3. The maximum absolute atomic E-state index is 6.98. The van der Waals surface area contributed by atoms with E-state index < -0.39 is 34.2 Å². The van der Waals surface area contributed by atoms with Gasteiger partial charge in [-0.1, -0.05) is 0 Å². The lowest BCUT2D eigenvalue weighted by molar-refractivity contribution is 0.363. The second kappa shape index (κ2) is 13.1. The van der Waals surface area contributed by atoms with E-state index in [1.165, 1.54) is 0 Å². The molecule has 0 spiro atoms. The number of rotatable bonds is 0. The van der Waals surface area contributed by atoms with Crippen LogP contribution in [0.2, 0.25) is 52.4 Å². The Hall–Kier alpha value is -2.39. The van der Waals surface area contributed by atoms with E-state index in [4.69, 9.17) is 35.4 Å². The van der Waals surface area contributed by atoms with Gasteiger partial charge in [-0.15, -0.1) is 0 Å². The molecule has 8 bridgehead atoms. The highest BCUT2D eigenvalue weighted by atomic mass is 128. The summed E-state index contributed by atoms with van der Waals surface area (Å²) < 4.78 is 55.8. The van der Waals surface area contributed by atoms with Gasteiger partial charge in [-0.25, -0.2) is 0 Å². The molecule has 14 heteroatoms. The van der Waals surface area contributed by atoms with Gasteiger partial charge >= 0.3 is 34.2 Å². The number of benzene rings is 4. The van der Waals surface area contributed by atoms with Crippen molar-refractivity contribution >= 4 is 71.5 Å². The van der Waals surface area contributed by atoms with Crippen LogP contribution in [-0.4, -0.2) is 34.2 Å². The maximum atomic E-state index is 6.98. The molecule has 4 heterocycles. The first-order chi connectivity index (χ1) is 25.3. The van der Waals surface area contributed by atoms with E-state index in [9.17, 15) is 0 Å². The highest BCUT2D eigenvalue weighted by molar-refractivity contribution is 15.0. The van der Waals surface area contributed by atoms with Crippen molar-refractivity contribution in [2.75, 3.05) is 0 Å². The van der Waals surface area contributed by atoms with Gasteiger partial charge in [0, 0.05) is 138 Å². The molecule has 0 unspecified atom stereocenters. The Bertz CT molecular complexity index is 1840. The average Bonchev–Trinajstić information content (AvgIpc) is 3.06. The summed E-state index contributed by atoms with van der Waals surface area (Å²) in [4.78, 5) is 0. The van der Waals surface area contributed by atoms with Gasteiger partial charge < -0.3 is 35.4 Å². The van der Waals surface area contributed by atoms with Crippen molar-refractivity contribution in [3.05, 3.63) is 91.0 Å². The standard InChI is InChI=1S/C40H48O8Si4.I2/c1-21-33-25-13-26-18-28-15-30-20-32-16-31-19-29-14-27(17-25)35(43-49(5,6)41-33)22(2)37(29)45-51(9,10)47-39(31)24(4)40(32)48-52(11,12)46-38(30)23(3)36(28)44-50(7,8)42-34(21)26;1-2/h13-16H,17-20H2,1-12H3;. The van der Waals surface area contributed by atoms with E-state index in [2.05, 4.69) is 142 Å². The lowest BCUT2D eigenvalue weighted by atomic mass is 9.88. The molecule has 1 aliphatic carbocycles. The Balaban J connectivity index is 0.00000203. The molecular weight excluding hydrogens is 975 g/mol. The smallest absolute Gasteiger partial charge is 0.454 e. The second-order valence-corrected chi connectivity index (χ2v) is 29.9. The van der Waals surface area contributed by atoms with Gasteiger partial charge in [-0.05, 0) is 96.5 Å². The quantitative estimate of drug-likeness (QED) is 0.112. The van der Waals surface area contributed by atoms with Crippen LogP contribution in [0.4, 0.5) is 0 Å². The molecule has 0 radical (unpaired) electrons. The molecule has 4 aromatic carbocycles. The summed E-state index contributed by atoms with van der Waals surface area (Å²) in [5, 5.41) is 0. The largest absolute Gasteiger partial charge is 0.511 e. The lowest BCUT2D eigenvalue weighted by Gasteiger charge is -2.38. The fraction of sp³-hybridized carbons (Fsp3) is 0.400. The van der Waals surface area contributed by atoms with E-state index in [-0.39, 0.29) is 0 Å². The van der Waals surface area contributed by atoms with Crippen LogP contribution in [-0.2, 0) is 25.7 Å². The summed E-state index contributed by atoms with van der Waals surface area (Å²) in [6.07, 6.45) is 2.61. The van der Waals surface area contributed by atoms with Crippen LogP contribution in [0.15, 0.2) is 24.3 Å². The first-order valence-corrected chi connectivity index (χ1v) is 36.1. The molecule has 9 rings (SSSR count). The summed E-state index contributed by atoms with van der Waals surface area (Å²) in [6, 6.07) is 9.29. The molecule has 0 aromatic heterocycles. The Morgan fingerprint density at radius 1 is 0.315 bits per heavy atom. The average molecular weight is 1020 g/mol. The van der Waals surface area contributed by atoms with Crippen LogP contribution >= 0.6 is 37.2 Å². The van der Waals surface area contributed by atoms with Crippen molar-refractivity contribution < 1.29 is 35.4 Å². The molecule has 54 heavy (non-hydrogen) atoms. The van der Waals surface area contributed by atoms with Gasteiger partial charge in [0.05, 0.1) is 0 Å². The third kappa shape index (κ3) is 6.57. The zero-order chi connectivity index (χ0) is 38.9. The fourth-order valence-corrected chi connectivity index (χ4v) is 15.1. The van der Waals surface area contributed by atoms with Gasteiger partial charge in [0.1, 0.15) is 46.0 Å².